The zero-order valence-corrected chi connectivity index (χ0v) is 12.2. The second kappa shape index (κ2) is 4.53. The summed E-state index contributed by atoms with van der Waals surface area (Å²) in [6.45, 7) is 10.9. The molecule has 94 valence electrons. The minimum atomic E-state index is -1.84. The molecule has 3 nitrogen and oxygen atoms in total. The third-order valence-corrected chi connectivity index (χ3v) is 7.72. The molecule has 0 aliphatic rings. The third kappa shape index (κ3) is 3.09. The molecule has 0 amide bonds. The van der Waals surface area contributed by atoms with E-state index in [-0.39, 0.29) is 5.04 Å². The van der Waals surface area contributed by atoms with E-state index < -0.39 is 8.32 Å². The lowest BCUT2D eigenvalue weighted by Crippen LogP contribution is -2.43. The lowest BCUT2D eigenvalue weighted by molar-refractivity contribution is 0.112. The molecule has 0 aliphatic heterocycles. The van der Waals surface area contributed by atoms with Crippen LogP contribution in [0, 0.1) is 0 Å². The molecular formula is C13H21NO2Si. The lowest BCUT2D eigenvalue weighted by atomic mass is 10.2. The number of nitrogen functional groups attached to an aromatic ring is 1. The molecule has 0 heterocycles. The summed E-state index contributed by atoms with van der Waals surface area (Å²) in [5.41, 5.74) is 6.74. The number of carbonyl (C=O) groups excluding carboxylic acids is 1. The molecule has 2 N–H and O–H groups in total. The highest BCUT2D eigenvalue weighted by Gasteiger charge is 2.38. The predicted molar refractivity (Wildman–Crippen MR) is 74.1 cm³/mol. The van der Waals surface area contributed by atoms with Gasteiger partial charge in [-0.3, -0.25) is 4.79 Å². The Hall–Kier alpha value is -1.29. The van der Waals surface area contributed by atoms with Crippen molar-refractivity contribution in [1.82, 2.24) is 0 Å². The third-order valence-electron chi connectivity index (χ3n) is 3.36. The zero-order chi connectivity index (χ0) is 13.3. The predicted octanol–water partition coefficient (Wildman–Crippen LogP) is 3.47. The van der Waals surface area contributed by atoms with E-state index in [0.717, 1.165) is 12.0 Å². The Kier molecular flexibility index (Phi) is 3.67. The summed E-state index contributed by atoms with van der Waals surface area (Å²) in [7, 11) is -1.84. The standard InChI is InChI=1S/C13H21NO2Si/c1-13(2,3)17(4,5)16-11-7-6-10(9-15)12(14)8-11/h6-9H,14H2,1-5H3. The van der Waals surface area contributed by atoms with Gasteiger partial charge in [0.1, 0.15) is 5.75 Å². The Morgan fingerprint density at radius 1 is 1.29 bits per heavy atom. The van der Waals surface area contributed by atoms with E-state index in [4.69, 9.17) is 10.2 Å². The summed E-state index contributed by atoms with van der Waals surface area (Å²) in [6.07, 6.45) is 0.755. The number of benzene rings is 1. The van der Waals surface area contributed by atoms with Crippen molar-refractivity contribution < 1.29 is 9.22 Å². The van der Waals surface area contributed by atoms with Crippen LogP contribution in [-0.2, 0) is 0 Å². The van der Waals surface area contributed by atoms with Crippen LogP contribution in [0.1, 0.15) is 31.1 Å². The van der Waals surface area contributed by atoms with Crippen LogP contribution < -0.4 is 10.2 Å². The van der Waals surface area contributed by atoms with Gasteiger partial charge in [0.2, 0.25) is 8.32 Å². The highest BCUT2D eigenvalue weighted by molar-refractivity contribution is 6.74. The van der Waals surface area contributed by atoms with Crippen LogP contribution in [0.2, 0.25) is 18.1 Å². The second-order valence-corrected chi connectivity index (χ2v) is 10.5. The number of hydrogen-bond acceptors (Lipinski definition) is 3. The molecule has 0 atom stereocenters. The average Bonchev–Trinajstić information content (AvgIpc) is 2.15. The van der Waals surface area contributed by atoms with E-state index in [1.165, 1.54) is 0 Å². The Morgan fingerprint density at radius 2 is 1.88 bits per heavy atom. The summed E-state index contributed by atoms with van der Waals surface area (Å²) in [6, 6.07) is 5.23. The molecule has 1 rings (SSSR count). The minimum Gasteiger partial charge on any atom is -0.543 e. The molecule has 0 aliphatic carbocycles. The maximum absolute atomic E-state index is 10.7. The highest BCUT2D eigenvalue weighted by atomic mass is 28.4. The Morgan fingerprint density at radius 3 is 2.29 bits per heavy atom. The first kappa shape index (κ1) is 13.8. The van der Waals surface area contributed by atoms with E-state index in [0.29, 0.717) is 11.3 Å². The van der Waals surface area contributed by atoms with Crippen LogP contribution in [0.4, 0.5) is 5.69 Å². The van der Waals surface area contributed by atoms with E-state index in [9.17, 15) is 4.79 Å². The summed E-state index contributed by atoms with van der Waals surface area (Å²) < 4.78 is 6.09. The fourth-order valence-corrected chi connectivity index (χ4v) is 2.19. The molecule has 0 saturated heterocycles. The van der Waals surface area contributed by atoms with Gasteiger partial charge in [-0.2, -0.15) is 0 Å². The molecule has 0 spiro atoms. The van der Waals surface area contributed by atoms with Gasteiger partial charge in [0.15, 0.2) is 6.29 Å². The molecule has 0 saturated carbocycles. The monoisotopic (exact) mass is 251 g/mol. The quantitative estimate of drug-likeness (QED) is 0.508. The number of carbonyl (C=O) groups is 1. The first-order valence-corrected chi connectivity index (χ1v) is 8.62. The van der Waals surface area contributed by atoms with Crippen LogP contribution in [0.15, 0.2) is 18.2 Å². The highest BCUT2D eigenvalue weighted by Crippen LogP contribution is 2.37. The molecule has 1 aromatic carbocycles. The largest absolute Gasteiger partial charge is 0.543 e. The molecule has 0 aromatic heterocycles. The lowest BCUT2D eigenvalue weighted by Gasteiger charge is -2.36. The molecule has 1 aromatic rings. The maximum atomic E-state index is 10.7. The molecule has 0 radical (unpaired) electrons. The van der Waals surface area contributed by atoms with Crippen molar-refractivity contribution in [2.75, 3.05) is 5.73 Å². The summed E-state index contributed by atoms with van der Waals surface area (Å²) in [5.74, 6) is 0.750. The molecule has 0 fully saturated rings. The van der Waals surface area contributed by atoms with Gasteiger partial charge in [0.05, 0.1) is 0 Å². The van der Waals surface area contributed by atoms with Gasteiger partial charge in [-0.05, 0) is 30.3 Å². The van der Waals surface area contributed by atoms with Crippen LogP contribution in [0.5, 0.6) is 5.75 Å². The summed E-state index contributed by atoms with van der Waals surface area (Å²) in [4.78, 5) is 10.7. The van der Waals surface area contributed by atoms with Crippen molar-refractivity contribution in [3.63, 3.8) is 0 Å². The topological polar surface area (TPSA) is 52.3 Å². The SMILES string of the molecule is CC(C)(C)[Si](C)(C)Oc1ccc(C=O)c(N)c1. The van der Waals surface area contributed by atoms with Gasteiger partial charge in [-0.15, -0.1) is 0 Å². The first-order valence-electron chi connectivity index (χ1n) is 5.71. The Bertz CT molecular complexity index is 422. The Labute approximate surface area is 104 Å². The number of hydrogen-bond donors (Lipinski definition) is 1. The fraction of sp³-hybridized carbons (Fsp3) is 0.462. The van der Waals surface area contributed by atoms with Crippen molar-refractivity contribution in [1.29, 1.82) is 0 Å². The van der Waals surface area contributed by atoms with Crippen molar-refractivity contribution in [3.8, 4) is 5.75 Å². The van der Waals surface area contributed by atoms with E-state index in [1.807, 2.05) is 0 Å². The van der Waals surface area contributed by atoms with Crippen molar-refractivity contribution in [2.45, 2.75) is 38.9 Å². The number of nitrogens with two attached hydrogens (primary N) is 1. The van der Waals surface area contributed by atoms with Gasteiger partial charge < -0.3 is 10.2 Å². The van der Waals surface area contributed by atoms with E-state index in [1.54, 1.807) is 18.2 Å². The van der Waals surface area contributed by atoms with Gasteiger partial charge in [0, 0.05) is 17.3 Å². The molecule has 17 heavy (non-hydrogen) atoms. The maximum Gasteiger partial charge on any atom is 0.250 e. The fourth-order valence-electron chi connectivity index (χ4n) is 1.17. The second-order valence-electron chi connectivity index (χ2n) is 5.77. The molecular weight excluding hydrogens is 230 g/mol. The average molecular weight is 251 g/mol. The van der Waals surface area contributed by atoms with Crippen LogP contribution in [0.3, 0.4) is 0 Å². The summed E-state index contributed by atoms with van der Waals surface area (Å²) >= 11 is 0. The van der Waals surface area contributed by atoms with Crippen molar-refractivity contribution >= 4 is 20.3 Å². The van der Waals surface area contributed by atoms with Crippen LogP contribution in [0.25, 0.3) is 0 Å². The number of rotatable bonds is 3. The number of anilines is 1. The van der Waals surface area contributed by atoms with E-state index >= 15 is 0 Å². The van der Waals surface area contributed by atoms with Gasteiger partial charge in [0.25, 0.3) is 0 Å². The smallest absolute Gasteiger partial charge is 0.250 e. The minimum absolute atomic E-state index is 0.144. The Balaban J connectivity index is 2.97. The van der Waals surface area contributed by atoms with Gasteiger partial charge in [-0.25, -0.2) is 0 Å². The zero-order valence-electron chi connectivity index (χ0n) is 11.2. The van der Waals surface area contributed by atoms with Crippen LogP contribution >= 0.6 is 0 Å². The summed E-state index contributed by atoms with van der Waals surface area (Å²) in [5, 5.41) is 0.144. The first-order chi connectivity index (χ1) is 7.67. The molecule has 0 bridgehead atoms. The van der Waals surface area contributed by atoms with Crippen LogP contribution in [-0.4, -0.2) is 14.6 Å². The molecule has 4 heteroatoms. The van der Waals surface area contributed by atoms with Crippen molar-refractivity contribution in [3.05, 3.63) is 23.8 Å². The van der Waals surface area contributed by atoms with Gasteiger partial charge in [-0.1, -0.05) is 20.8 Å². The van der Waals surface area contributed by atoms with Gasteiger partial charge >= 0.3 is 0 Å². The van der Waals surface area contributed by atoms with E-state index in [2.05, 4.69) is 33.9 Å². The molecule has 0 unspecified atom stereocenters. The number of aldehydes is 1. The van der Waals surface area contributed by atoms with Crippen molar-refractivity contribution in [2.24, 2.45) is 0 Å². The normalized spacial score (nSPS) is 12.3.